The molecule has 0 radical (unpaired) electrons. The molecular weight excluding hydrogens is 300 g/mol. The molecule has 2 aliphatic heterocycles. The van der Waals surface area contributed by atoms with Crippen molar-refractivity contribution < 1.29 is 13.6 Å². The van der Waals surface area contributed by atoms with Crippen molar-refractivity contribution in [3.05, 3.63) is 35.4 Å². The lowest BCUT2D eigenvalue weighted by atomic mass is 10.1. The zero-order chi connectivity index (χ0) is 16.2. The Bertz CT molecular complexity index is 561. The van der Waals surface area contributed by atoms with Gasteiger partial charge in [0.25, 0.3) is 0 Å². The normalized spacial score (nSPS) is 21.8. The minimum Gasteiger partial charge on any atom is -0.338 e. The Morgan fingerprint density at radius 3 is 2.78 bits per heavy atom. The molecule has 0 aromatic heterocycles. The first-order valence-electron chi connectivity index (χ1n) is 8.34. The Labute approximate surface area is 135 Å². The van der Waals surface area contributed by atoms with Gasteiger partial charge in [0.1, 0.15) is 11.6 Å². The molecule has 2 heterocycles. The predicted molar refractivity (Wildman–Crippen MR) is 84.2 cm³/mol. The zero-order valence-corrected chi connectivity index (χ0v) is 13.2. The lowest BCUT2D eigenvalue weighted by Gasteiger charge is -2.23. The molecule has 2 amide bonds. The molecule has 0 bridgehead atoms. The Balaban J connectivity index is 1.44. The van der Waals surface area contributed by atoms with Gasteiger partial charge in [-0.3, -0.25) is 4.90 Å². The van der Waals surface area contributed by atoms with Crippen molar-refractivity contribution in [2.75, 3.05) is 32.7 Å². The molecule has 0 aliphatic carbocycles. The average molecular weight is 323 g/mol. The number of carbonyl (C=O) groups excluding carboxylic acids is 1. The van der Waals surface area contributed by atoms with Crippen LogP contribution in [0, 0.1) is 11.6 Å². The number of urea groups is 1. The highest BCUT2D eigenvalue weighted by Gasteiger charge is 2.31. The summed E-state index contributed by atoms with van der Waals surface area (Å²) in [7, 11) is 0. The Morgan fingerprint density at radius 2 is 2.00 bits per heavy atom. The number of hydrogen-bond donors (Lipinski definition) is 1. The van der Waals surface area contributed by atoms with E-state index in [1.807, 2.05) is 4.90 Å². The Morgan fingerprint density at radius 1 is 1.22 bits per heavy atom. The quantitative estimate of drug-likeness (QED) is 0.923. The smallest absolute Gasteiger partial charge is 0.317 e. The molecule has 0 spiro atoms. The van der Waals surface area contributed by atoms with Crippen LogP contribution in [0.2, 0.25) is 0 Å². The molecule has 3 rings (SSSR count). The van der Waals surface area contributed by atoms with Crippen molar-refractivity contribution in [1.82, 2.24) is 15.1 Å². The second-order valence-electron chi connectivity index (χ2n) is 6.35. The van der Waals surface area contributed by atoms with Crippen molar-refractivity contribution in [2.45, 2.75) is 31.7 Å². The summed E-state index contributed by atoms with van der Waals surface area (Å²) in [5, 5.41) is 2.81. The summed E-state index contributed by atoms with van der Waals surface area (Å²) in [5.41, 5.74) is 0.293. The topological polar surface area (TPSA) is 35.6 Å². The van der Waals surface area contributed by atoms with Crippen LogP contribution in [0.4, 0.5) is 13.6 Å². The van der Waals surface area contributed by atoms with Gasteiger partial charge in [-0.15, -0.1) is 0 Å². The predicted octanol–water partition coefficient (Wildman–Crippen LogP) is 2.39. The number of nitrogens with one attached hydrogen (secondary N) is 1. The summed E-state index contributed by atoms with van der Waals surface area (Å²) in [6, 6.07) is 3.77. The van der Waals surface area contributed by atoms with E-state index in [9.17, 15) is 13.6 Å². The van der Waals surface area contributed by atoms with Crippen LogP contribution in [-0.2, 0) is 6.42 Å². The third-order valence-electron chi connectivity index (χ3n) is 4.79. The summed E-state index contributed by atoms with van der Waals surface area (Å²) >= 11 is 0. The number of hydrogen-bond acceptors (Lipinski definition) is 2. The van der Waals surface area contributed by atoms with Crippen molar-refractivity contribution in [3.8, 4) is 0 Å². The maximum absolute atomic E-state index is 13.5. The van der Waals surface area contributed by atoms with Gasteiger partial charge in [-0.25, -0.2) is 13.6 Å². The number of nitrogens with zero attached hydrogens (tertiary/aromatic N) is 2. The van der Waals surface area contributed by atoms with E-state index in [0.29, 0.717) is 24.6 Å². The Hall–Kier alpha value is -1.69. The van der Waals surface area contributed by atoms with Crippen molar-refractivity contribution in [3.63, 3.8) is 0 Å². The molecule has 1 aromatic rings. The van der Waals surface area contributed by atoms with E-state index in [0.717, 1.165) is 44.7 Å². The highest BCUT2D eigenvalue weighted by molar-refractivity contribution is 5.74. The van der Waals surface area contributed by atoms with Crippen LogP contribution in [0.1, 0.15) is 24.8 Å². The van der Waals surface area contributed by atoms with Crippen LogP contribution < -0.4 is 5.32 Å². The van der Waals surface area contributed by atoms with E-state index in [1.165, 1.54) is 18.9 Å². The van der Waals surface area contributed by atoms with Crippen molar-refractivity contribution >= 4 is 6.03 Å². The fourth-order valence-corrected chi connectivity index (χ4v) is 3.48. The fraction of sp³-hybridized carbons (Fsp3) is 0.588. The molecule has 2 aliphatic rings. The number of benzene rings is 1. The van der Waals surface area contributed by atoms with Gasteiger partial charge in [-0.2, -0.15) is 0 Å². The van der Waals surface area contributed by atoms with Crippen LogP contribution in [0.5, 0.6) is 0 Å². The molecule has 2 saturated heterocycles. The van der Waals surface area contributed by atoms with Crippen molar-refractivity contribution in [1.29, 1.82) is 0 Å². The van der Waals surface area contributed by atoms with Crippen LogP contribution in [-0.4, -0.2) is 54.6 Å². The fourth-order valence-electron chi connectivity index (χ4n) is 3.48. The highest BCUT2D eigenvalue weighted by Crippen LogP contribution is 2.20. The summed E-state index contributed by atoms with van der Waals surface area (Å²) in [6.45, 7) is 4.11. The molecule has 1 aromatic carbocycles. The SMILES string of the molecule is O=C(NCCc1cc(F)ccc1F)N1CCC(N2CCCC2)C1. The molecular formula is C17H23F2N3O. The van der Waals surface area contributed by atoms with Crippen LogP contribution in [0.15, 0.2) is 18.2 Å². The molecule has 126 valence electrons. The maximum Gasteiger partial charge on any atom is 0.317 e. The van der Waals surface area contributed by atoms with Gasteiger partial charge >= 0.3 is 6.03 Å². The molecule has 0 saturated carbocycles. The number of halogens is 2. The third-order valence-corrected chi connectivity index (χ3v) is 4.79. The van der Waals surface area contributed by atoms with Crippen LogP contribution in [0.3, 0.4) is 0 Å². The molecule has 2 fully saturated rings. The maximum atomic E-state index is 13.5. The minimum atomic E-state index is -0.458. The van der Waals surface area contributed by atoms with Gasteiger partial charge in [0.15, 0.2) is 0 Å². The van der Waals surface area contributed by atoms with Crippen molar-refractivity contribution in [2.24, 2.45) is 0 Å². The summed E-state index contributed by atoms with van der Waals surface area (Å²) in [4.78, 5) is 16.5. The molecule has 23 heavy (non-hydrogen) atoms. The van der Waals surface area contributed by atoms with Gasteiger partial charge in [0.05, 0.1) is 0 Å². The van der Waals surface area contributed by atoms with Gasteiger partial charge in [-0.1, -0.05) is 0 Å². The average Bonchev–Trinajstić information content (AvgIpc) is 3.20. The Kier molecular flexibility index (Phi) is 5.10. The third kappa shape index (κ3) is 3.99. The minimum absolute atomic E-state index is 0.108. The number of rotatable bonds is 4. The second-order valence-corrected chi connectivity index (χ2v) is 6.35. The van der Waals surface area contributed by atoms with E-state index in [1.54, 1.807) is 0 Å². The summed E-state index contributed by atoms with van der Waals surface area (Å²) < 4.78 is 26.6. The first-order chi connectivity index (χ1) is 11.1. The van der Waals surface area contributed by atoms with E-state index < -0.39 is 11.6 Å². The van der Waals surface area contributed by atoms with Crippen LogP contribution >= 0.6 is 0 Å². The number of likely N-dealkylation sites (tertiary alicyclic amines) is 2. The first-order valence-corrected chi connectivity index (χ1v) is 8.34. The van der Waals surface area contributed by atoms with Gasteiger partial charge in [0, 0.05) is 25.7 Å². The monoisotopic (exact) mass is 323 g/mol. The molecule has 1 unspecified atom stereocenters. The summed E-state index contributed by atoms with van der Waals surface area (Å²) in [5.74, 6) is -0.892. The molecule has 4 nitrogen and oxygen atoms in total. The summed E-state index contributed by atoms with van der Waals surface area (Å²) in [6.07, 6.45) is 3.81. The standard InChI is InChI=1S/C17H23F2N3O/c18-14-3-4-16(19)13(11-14)5-7-20-17(23)22-10-6-15(12-22)21-8-1-2-9-21/h3-4,11,15H,1-2,5-10,12H2,(H,20,23). The zero-order valence-electron chi connectivity index (χ0n) is 13.2. The van der Waals surface area contributed by atoms with E-state index in [2.05, 4.69) is 10.2 Å². The number of carbonyl (C=O) groups is 1. The lowest BCUT2D eigenvalue weighted by Crippen LogP contribution is -2.42. The van der Waals surface area contributed by atoms with E-state index >= 15 is 0 Å². The van der Waals surface area contributed by atoms with Gasteiger partial charge < -0.3 is 10.2 Å². The molecule has 6 heteroatoms. The van der Waals surface area contributed by atoms with Crippen LogP contribution in [0.25, 0.3) is 0 Å². The van der Waals surface area contributed by atoms with E-state index in [4.69, 9.17) is 0 Å². The highest BCUT2D eigenvalue weighted by atomic mass is 19.1. The van der Waals surface area contributed by atoms with Gasteiger partial charge in [-0.05, 0) is 62.5 Å². The van der Waals surface area contributed by atoms with Gasteiger partial charge in [0.2, 0.25) is 0 Å². The molecule has 1 N–H and O–H groups in total. The van der Waals surface area contributed by atoms with E-state index in [-0.39, 0.29) is 6.03 Å². The lowest BCUT2D eigenvalue weighted by molar-refractivity contribution is 0.199. The largest absolute Gasteiger partial charge is 0.338 e. The first kappa shape index (κ1) is 16.2. The second kappa shape index (κ2) is 7.25. The molecule has 1 atom stereocenters. The number of amides is 2.